The largest absolute Gasteiger partial charge is 0.369 e. The Morgan fingerprint density at radius 1 is 1.00 bits per heavy atom. The molecule has 5 rings (SSSR count). The van der Waals surface area contributed by atoms with Crippen molar-refractivity contribution in [3.05, 3.63) is 53.2 Å². The highest BCUT2D eigenvalue weighted by Crippen LogP contribution is 2.27. The molecule has 2 aliphatic rings. The zero-order valence-electron chi connectivity index (χ0n) is 18.9. The van der Waals surface area contributed by atoms with Crippen LogP contribution >= 0.6 is 11.8 Å². The average molecular weight is 463 g/mol. The zero-order chi connectivity index (χ0) is 23.2. The molecule has 2 saturated heterocycles. The van der Waals surface area contributed by atoms with Crippen molar-refractivity contribution in [1.82, 2.24) is 24.8 Å². The summed E-state index contributed by atoms with van der Waals surface area (Å²) in [6.07, 6.45) is 3.42. The number of thioether (sulfide) groups is 1. The molecule has 0 bridgehead atoms. The minimum Gasteiger partial charge on any atom is -0.369 e. The van der Waals surface area contributed by atoms with Gasteiger partial charge in [-0.25, -0.2) is 9.50 Å². The fourth-order valence-electron chi connectivity index (χ4n) is 4.20. The van der Waals surface area contributed by atoms with Crippen molar-refractivity contribution in [3.8, 4) is 11.3 Å². The van der Waals surface area contributed by atoms with E-state index in [1.807, 2.05) is 6.07 Å². The first kappa shape index (κ1) is 21.7. The summed E-state index contributed by atoms with van der Waals surface area (Å²) in [4.78, 5) is 33.0. The average Bonchev–Trinajstić information content (AvgIpc) is 3.35. The van der Waals surface area contributed by atoms with Gasteiger partial charge in [-0.15, -0.1) is 0 Å². The quantitative estimate of drug-likeness (QED) is 0.595. The van der Waals surface area contributed by atoms with Gasteiger partial charge in [0.25, 0.3) is 11.1 Å². The van der Waals surface area contributed by atoms with Crippen LogP contribution in [-0.4, -0.2) is 62.4 Å². The molecule has 8 nitrogen and oxygen atoms in total. The molecular weight excluding hydrogens is 436 g/mol. The van der Waals surface area contributed by atoms with E-state index in [4.69, 9.17) is 0 Å². The molecule has 2 amide bonds. The molecule has 0 aliphatic carbocycles. The highest BCUT2D eigenvalue weighted by molar-refractivity contribution is 8.18. The van der Waals surface area contributed by atoms with Crippen molar-refractivity contribution >= 4 is 40.3 Å². The number of anilines is 1. The van der Waals surface area contributed by atoms with Crippen LogP contribution in [0.25, 0.3) is 23.0 Å². The lowest BCUT2D eigenvalue weighted by atomic mass is 10.0. The Kier molecular flexibility index (Phi) is 5.46. The lowest BCUT2D eigenvalue weighted by molar-refractivity contribution is -0.115. The number of imidazole rings is 1. The topological polar surface area (TPSA) is 82.8 Å². The zero-order valence-corrected chi connectivity index (χ0v) is 19.7. The first-order valence-electron chi connectivity index (χ1n) is 11.0. The van der Waals surface area contributed by atoms with Gasteiger partial charge in [0, 0.05) is 43.0 Å². The fourth-order valence-corrected chi connectivity index (χ4v) is 4.86. The molecule has 9 heteroatoms. The van der Waals surface area contributed by atoms with E-state index >= 15 is 0 Å². The van der Waals surface area contributed by atoms with Crippen LogP contribution in [0.4, 0.5) is 10.5 Å². The van der Waals surface area contributed by atoms with Gasteiger partial charge in [0.05, 0.1) is 22.5 Å². The number of imide groups is 1. The summed E-state index contributed by atoms with van der Waals surface area (Å²) in [7, 11) is 0. The van der Waals surface area contributed by atoms with Gasteiger partial charge in [0.1, 0.15) is 0 Å². The van der Waals surface area contributed by atoms with E-state index < -0.39 is 5.91 Å². The molecule has 2 fully saturated rings. The number of carbonyl (C=O) groups is 2. The summed E-state index contributed by atoms with van der Waals surface area (Å²) in [5, 5.41) is 6.53. The first-order valence-corrected chi connectivity index (χ1v) is 11.8. The lowest BCUT2D eigenvalue weighted by Crippen LogP contribution is -2.53. The summed E-state index contributed by atoms with van der Waals surface area (Å²) >= 11 is 0.882. The van der Waals surface area contributed by atoms with Crippen molar-refractivity contribution in [3.63, 3.8) is 0 Å². The maximum atomic E-state index is 11.8. The Morgan fingerprint density at radius 2 is 1.73 bits per heavy atom. The van der Waals surface area contributed by atoms with Crippen LogP contribution < -0.4 is 10.2 Å². The van der Waals surface area contributed by atoms with Crippen LogP contribution in [0.3, 0.4) is 0 Å². The molecule has 33 heavy (non-hydrogen) atoms. The normalized spacial score (nSPS) is 19.0. The van der Waals surface area contributed by atoms with Crippen LogP contribution in [0.5, 0.6) is 0 Å². The van der Waals surface area contributed by atoms with Crippen LogP contribution in [-0.2, 0) is 4.79 Å². The minimum absolute atomic E-state index is 0.205. The summed E-state index contributed by atoms with van der Waals surface area (Å²) in [6, 6.07) is 12.1. The van der Waals surface area contributed by atoms with Gasteiger partial charge in [0.15, 0.2) is 5.65 Å². The van der Waals surface area contributed by atoms with Crippen LogP contribution in [0, 0.1) is 0 Å². The summed E-state index contributed by atoms with van der Waals surface area (Å²) < 4.78 is 1.77. The standard InChI is InChI=1S/C24H26N6O2S/c1-24(2,3)29-12-10-28(11-13-29)18-7-4-16(5-8-18)19-15-25-21-9-6-17(27-30(19)21)14-20-22(31)26-23(32)33-20/h4-9,14-15H,10-13H2,1-3H3,(H,26,31,32)/b20-14-. The van der Waals surface area contributed by atoms with Gasteiger partial charge in [-0.3, -0.25) is 19.8 Å². The molecule has 0 atom stereocenters. The molecule has 2 aromatic heterocycles. The van der Waals surface area contributed by atoms with Gasteiger partial charge in [-0.2, -0.15) is 5.10 Å². The van der Waals surface area contributed by atoms with Gasteiger partial charge >= 0.3 is 0 Å². The Labute approximate surface area is 196 Å². The third kappa shape index (κ3) is 4.38. The number of benzene rings is 1. The minimum atomic E-state index is -0.392. The third-order valence-electron chi connectivity index (χ3n) is 6.06. The molecule has 0 radical (unpaired) electrons. The van der Waals surface area contributed by atoms with Gasteiger partial charge in [-0.05, 0) is 62.9 Å². The Balaban J connectivity index is 1.37. The number of carbonyl (C=O) groups excluding carboxylic acids is 2. The van der Waals surface area contributed by atoms with Crippen molar-refractivity contribution in [2.75, 3.05) is 31.1 Å². The number of rotatable bonds is 3. The number of amides is 2. The molecule has 1 N–H and O–H groups in total. The predicted octanol–water partition coefficient (Wildman–Crippen LogP) is 3.64. The number of aromatic nitrogens is 3. The maximum absolute atomic E-state index is 11.8. The summed E-state index contributed by atoms with van der Waals surface area (Å²) in [5.74, 6) is -0.392. The molecule has 3 aromatic rings. The van der Waals surface area contributed by atoms with E-state index in [0.717, 1.165) is 49.2 Å². The summed E-state index contributed by atoms with van der Waals surface area (Å²) in [5.41, 5.74) is 4.61. The molecule has 1 aromatic carbocycles. The van der Waals surface area contributed by atoms with E-state index in [0.29, 0.717) is 16.2 Å². The molecule has 170 valence electrons. The number of piperazine rings is 1. The van der Waals surface area contributed by atoms with Crippen LogP contribution in [0.2, 0.25) is 0 Å². The number of hydrogen-bond donors (Lipinski definition) is 1. The Bertz CT molecular complexity index is 1250. The molecule has 0 spiro atoms. The SMILES string of the molecule is CC(C)(C)N1CCN(c2ccc(-c3cnc4ccc(/C=C5\SC(=O)NC5=O)nn34)cc2)CC1. The van der Waals surface area contributed by atoms with Gasteiger partial charge < -0.3 is 4.90 Å². The number of fused-ring (bicyclic) bond motifs is 1. The van der Waals surface area contributed by atoms with E-state index in [9.17, 15) is 9.59 Å². The fraction of sp³-hybridized carbons (Fsp3) is 0.333. The molecule has 0 unspecified atom stereocenters. The van der Waals surface area contributed by atoms with E-state index in [1.165, 1.54) is 5.69 Å². The van der Waals surface area contributed by atoms with Gasteiger partial charge in [-0.1, -0.05) is 12.1 Å². The second-order valence-electron chi connectivity index (χ2n) is 9.22. The summed E-state index contributed by atoms with van der Waals surface area (Å²) in [6.45, 7) is 10.9. The van der Waals surface area contributed by atoms with Gasteiger partial charge in [0.2, 0.25) is 0 Å². The molecule has 4 heterocycles. The second kappa shape index (κ2) is 8.31. The molecule has 0 saturated carbocycles. The highest BCUT2D eigenvalue weighted by Gasteiger charge is 2.26. The van der Waals surface area contributed by atoms with E-state index in [-0.39, 0.29) is 10.8 Å². The van der Waals surface area contributed by atoms with Crippen molar-refractivity contribution in [2.24, 2.45) is 0 Å². The first-order chi connectivity index (χ1) is 15.8. The Hall–Kier alpha value is -3.17. The number of nitrogens with one attached hydrogen (secondary N) is 1. The smallest absolute Gasteiger partial charge is 0.290 e. The van der Waals surface area contributed by atoms with Crippen molar-refractivity contribution in [2.45, 2.75) is 26.3 Å². The number of hydrogen-bond acceptors (Lipinski definition) is 7. The monoisotopic (exact) mass is 462 g/mol. The molecule has 2 aliphatic heterocycles. The maximum Gasteiger partial charge on any atom is 0.290 e. The molecular formula is C24H26N6O2S. The van der Waals surface area contributed by atoms with Crippen LogP contribution in [0.15, 0.2) is 47.5 Å². The number of nitrogens with zero attached hydrogens (tertiary/aromatic N) is 5. The van der Waals surface area contributed by atoms with E-state index in [2.05, 4.69) is 70.2 Å². The lowest BCUT2D eigenvalue weighted by Gasteiger charge is -2.43. The third-order valence-corrected chi connectivity index (χ3v) is 6.87. The predicted molar refractivity (Wildman–Crippen MR) is 131 cm³/mol. The van der Waals surface area contributed by atoms with Crippen LogP contribution in [0.1, 0.15) is 26.5 Å². The Morgan fingerprint density at radius 3 is 2.36 bits per heavy atom. The second-order valence-corrected chi connectivity index (χ2v) is 10.2. The highest BCUT2D eigenvalue weighted by atomic mass is 32.2. The van der Waals surface area contributed by atoms with Crippen molar-refractivity contribution in [1.29, 1.82) is 0 Å². The van der Waals surface area contributed by atoms with E-state index in [1.54, 1.807) is 22.9 Å². The van der Waals surface area contributed by atoms with Crippen molar-refractivity contribution < 1.29 is 9.59 Å².